The average molecular weight is 232 g/mol. The number of phenols is 1. The Morgan fingerprint density at radius 3 is 2.31 bits per heavy atom. The summed E-state index contributed by atoms with van der Waals surface area (Å²) in [4.78, 5) is 2.08. The number of aliphatic hydroxyl groups excluding tert-OH is 1. The van der Waals surface area contributed by atoms with Gasteiger partial charge in [0.15, 0.2) is 0 Å². The molecule has 0 heterocycles. The van der Waals surface area contributed by atoms with E-state index in [4.69, 9.17) is 5.11 Å². The van der Waals surface area contributed by atoms with Gasteiger partial charge in [-0.15, -0.1) is 0 Å². The maximum absolute atomic E-state index is 9.33. The largest absolute Gasteiger partial charge is 0.508 e. The zero-order valence-corrected chi connectivity index (χ0v) is 9.45. The second-order valence-corrected chi connectivity index (χ2v) is 4.55. The van der Waals surface area contributed by atoms with Crippen molar-refractivity contribution >= 4 is 11.8 Å². The van der Waals surface area contributed by atoms with Crippen LogP contribution < -0.4 is 0 Å². The standard InChI is InChI=1S/C13H12O2S/c14-9-10-4-6-12(7-5-10)16-13-3-1-2-11(15)8-13/h1-8,14-15H,9H2. The van der Waals surface area contributed by atoms with E-state index in [2.05, 4.69) is 0 Å². The third kappa shape index (κ3) is 2.78. The molecule has 2 nitrogen and oxygen atoms in total. The number of aliphatic hydroxyl groups is 1. The summed E-state index contributed by atoms with van der Waals surface area (Å²) in [6.07, 6.45) is 0. The van der Waals surface area contributed by atoms with Crippen molar-refractivity contribution in [3.63, 3.8) is 0 Å². The molecule has 2 aromatic carbocycles. The lowest BCUT2D eigenvalue weighted by atomic mass is 10.2. The first kappa shape index (κ1) is 11.0. The van der Waals surface area contributed by atoms with Crippen molar-refractivity contribution < 1.29 is 10.2 Å². The highest BCUT2D eigenvalue weighted by molar-refractivity contribution is 7.99. The van der Waals surface area contributed by atoms with Crippen LogP contribution in [0.4, 0.5) is 0 Å². The molecule has 0 fully saturated rings. The molecule has 0 atom stereocenters. The molecule has 0 aromatic heterocycles. The maximum Gasteiger partial charge on any atom is 0.116 e. The maximum atomic E-state index is 9.33. The van der Waals surface area contributed by atoms with E-state index in [0.717, 1.165) is 15.4 Å². The highest BCUT2D eigenvalue weighted by Crippen LogP contribution is 2.29. The summed E-state index contributed by atoms with van der Waals surface area (Å²) >= 11 is 1.58. The fourth-order valence-corrected chi connectivity index (χ4v) is 2.22. The van der Waals surface area contributed by atoms with Gasteiger partial charge in [0.2, 0.25) is 0 Å². The van der Waals surface area contributed by atoms with Gasteiger partial charge in [0.05, 0.1) is 6.61 Å². The lowest BCUT2D eigenvalue weighted by molar-refractivity contribution is 0.282. The molecule has 0 aliphatic rings. The van der Waals surface area contributed by atoms with Gasteiger partial charge in [-0.05, 0) is 35.9 Å². The van der Waals surface area contributed by atoms with Crippen LogP contribution in [0.1, 0.15) is 5.56 Å². The Bertz CT molecular complexity index is 466. The second-order valence-electron chi connectivity index (χ2n) is 3.40. The minimum absolute atomic E-state index is 0.0665. The summed E-state index contributed by atoms with van der Waals surface area (Å²) < 4.78 is 0. The van der Waals surface area contributed by atoms with E-state index >= 15 is 0 Å². The minimum atomic E-state index is 0.0665. The molecule has 82 valence electrons. The van der Waals surface area contributed by atoms with E-state index in [-0.39, 0.29) is 12.4 Å². The van der Waals surface area contributed by atoms with E-state index < -0.39 is 0 Å². The second kappa shape index (κ2) is 5.05. The Kier molecular flexibility index (Phi) is 3.49. The zero-order valence-electron chi connectivity index (χ0n) is 8.63. The summed E-state index contributed by atoms with van der Waals surface area (Å²) in [5, 5.41) is 18.2. The highest BCUT2D eigenvalue weighted by atomic mass is 32.2. The summed E-state index contributed by atoms with van der Waals surface area (Å²) in [6, 6.07) is 14.9. The fourth-order valence-electron chi connectivity index (χ4n) is 1.35. The van der Waals surface area contributed by atoms with Gasteiger partial charge in [-0.25, -0.2) is 0 Å². The first-order valence-electron chi connectivity index (χ1n) is 4.94. The Morgan fingerprint density at radius 1 is 0.938 bits per heavy atom. The van der Waals surface area contributed by atoms with E-state index in [1.165, 1.54) is 0 Å². The lowest BCUT2D eigenvalue weighted by Crippen LogP contribution is -1.81. The van der Waals surface area contributed by atoms with Crippen molar-refractivity contribution in [2.45, 2.75) is 16.4 Å². The van der Waals surface area contributed by atoms with E-state index in [1.807, 2.05) is 36.4 Å². The van der Waals surface area contributed by atoms with Crippen LogP contribution >= 0.6 is 11.8 Å². The molecular weight excluding hydrogens is 220 g/mol. The third-order valence-corrected chi connectivity index (χ3v) is 3.16. The average Bonchev–Trinajstić information content (AvgIpc) is 2.30. The first-order chi connectivity index (χ1) is 7.78. The van der Waals surface area contributed by atoms with Crippen molar-refractivity contribution in [3.8, 4) is 5.75 Å². The molecule has 2 aromatic rings. The molecule has 3 heteroatoms. The van der Waals surface area contributed by atoms with Crippen molar-refractivity contribution in [1.82, 2.24) is 0 Å². The number of hydrogen-bond acceptors (Lipinski definition) is 3. The monoisotopic (exact) mass is 232 g/mol. The molecule has 0 saturated carbocycles. The Morgan fingerprint density at radius 2 is 1.69 bits per heavy atom. The van der Waals surface area contributed by atoms with Crippen LogP contribution in [0.3, 0.4) is 0 Å². The molecule has 0 saturated heterocycles. The molecular formula is C13H12O2S. The quantitative estimate of drug-likeness (QED) is 0.854. The normalized spacial score (nSPS) is 10.3. The van der Waals surface area contributed by atoms with E-state index in [9.17, 15) is 5.11 Å². The smallest absolute Gasteiger partial charge is 0.116 e. The number of rotatable bonds is 3. The Labute approximate surface area is 98.6 Å². The van der Waals surface area contributed by atoms with E-state index in [1.54, 1.807) is 23.9 Å². The van der Waals surface area contributed by atoms with Gasteiger partial charge in [0, 0.05) is 9.79 Å². The predicted molar refractivity (Wildman–Crippen MR) is 64.6 cm³/mol. The van der Waals surface area contributed by atoms with Crippen LogP contribution in [0.15, 0.2) is 58.3 Å². The third-order valence-electron chi connectivity index (χ3n) is 2.16. The Hall–Kier alpha value is -1.45. The molecule has 0 spiro atoms. The topological polar surface area (TPSA) is 40.5 Å². The highest BCUT2D eigenvalue weighted by Gasteiger charge is 1.98. The number of hydrogen-bond donors (Lipinski definition) is 2. The lowest BCUT2D eigenvalue weighted by Gasteiger charge is -2.03. The van der Waals surface area contributed by atoms with Gasteiger partial charge in [0.1, 0.15) is 5.75 Å². The molecule has 2 rings (SSSR count). The van der Waals surface area contributed by atoms with Crippen molar-refractivity contribution in [2.75, 3.05) is 0 Å². The zero-order chi connectivity index (χ0) is 11.4. The number of aromatic hydroxyl groups is 1. The van der Waals surface area contributed by atoms with Gasteiger partial charge in [-0.1, -0.05) is 30.0 Å². The fraction of sp³-hybridized carbons (Fsp3) is 0.0769. The predicted octanol–water partition coefficient (Wildman–Crippen LogP) is 3.04. The Balaban J connectivity index is 2.14. The molecule has 2 N–H and O–H groups in total. The summed E-state index contributed by atoms with van der Waals surface area (Å²) in [7, 11) is 0. The van der Waals surface area contributed by atoms with Crippen molar-refractivity contribution in [2.24, 2.45) is 0 Å². The van der Waals surface area contributed by atoms with E-state index in [0.29, 0.717) is 0 Å². The molecule has 0 unspecified atom stereocenters. The van der Waals surface area contributed by atoms with Crippen LogP contribution in [0.25, 0.3) is 0 Å². The van der Waals surface area contributed by atoms with Gasteiger partial charge < -0.3 is 10.2 Å². The van der Waals surface area contributed by atoms with Crippen LogP contribution in [0.2, 0.25) is 0 Å². The van der Waals surface area contributed by atoms with Gasteiger partial charge in [-0.2, -0.15) is 0 Å². The number of phenolic OH excluding ortho intramolecular Hbond substituents is 1. The summed E-state index contributed by atoms with van der Waals surface area (Å²) in [5.74, 6) is 0.275. The van der Waals surface area contributed by atoms with Crippen LogP contribution in [0.5, 0.6) is 5.75 Å². The summed E-state index contributed by atoms with van der Waals surface area (Å²) in [6.45, 7) is 0.0665. The first-order valence-corrected chi connectivity index (χ1v) is 5.76. The van der Waals surface area contributed by atoms with Crippen LogP contribution in [-0.2, 0) is 6.61 Å². The van der Waals surface area contributed by atoms with Crippen LogP contribution in [-0.4, -0.2) is 10.2 Å². The summed E-state index contributed by atoms with van der Waals surface area (Å²) in [5.41, 5.74) is 0.903. The SMILES string of the molecule is OCc1ccc(Sc2cccc(O)c2)cc1. The van der Waals surface area contributed by atoms with Gasteiger partial charge >= 0.3 is 0 Å². The molecule has 0 radical (unpaired) electrons. The molecule has 0 aliphatic carbocycles. The van der Waals surface area contributed by atoms with Crippen molar-refractivity contribution in [1.29, 1.82) is 0 Å². The number of benzene rings is 2. The van der Waals surface area contributed by atoms with Gasteiger partial charge in [-0.3, -0.25) is 0 Å². The van der Waals surface area contributed by atoms with Crippen LogP contribution in [0, 0.1) is 0 Å². The molecule has 0 bridgehead atoms. The molecule has 0 aliphatic heterocycles. The molecule has 0 amide bonds. The van der Waals surface area contributed by atoms with Crippen molar-refractivity contribution in [3.05, 3.63) is 54.1 Å². The minimum Gasteiger partial charge on any atom is -0.508 e. The molecule has 16 heavy (non-hydrogen) atoms. The van der Waals surface area contributed by atoms with Gasteiger partial charge in [0.25, 0.3) is 0 Å².